The van der Waals surface area contributed by atoms with E-state index in [-0.39, 0.29) is 5.57 Å². The maximum Gasteiger partial charge on any atom is 0.335 e. The van der Waals surface area contributed by atoms with Crippen molar-refractivity contribution in [1.29, 1.82) is 0 Å². The molecule has 1 aromatic carbocycles. The fourth-order valence-corrected chi connectivity index (χ4v) is 2.53. The van der Waals surface area contributed by atoms with Crippen LogP contribution in [0.25, 0.3) is 6.08 Å². The van der Waals surface area contributed by atoms with Gasteiger partial charge in [0.2, 0.25) is 0 Å². The lowest BCUT2D eigenvalue weighted by molar-refractivity contribution is -0.122. The van der Waals surface area contributed by atoms with Crippen molar-refractivity contribution < 1.29 is 19.1 Å². The molecule has 1 aliphatic heterocycles. The van der Waals surface area contributed by atoms with E-state index in [2.05, 4.69) is 5.32 Å². The number of benzene rings is 1. The zero-order valence-electron chi connectivity index (χ0n) is 13.9. The average molecular weight is 339 g/mol. The van der Waals surface area contributed by atoms with E-state index in [1.807, 2.05) is 14.0 Å². The predicted molar refractivity (Wildman–Crippen MR) is 92.0 cm³/mol. The highest BCUT2D eigenvalue weighted by Crippen LogP contribution is 2.24. The first-order valence-corrected chi connectivity index (χ1v) is 7.76. The summed E-state index contributed by atoms with van der Waals surface area (Å²) in [7, 11) is 1.83. The lowest BCUT2D eigenvalue weighted by Gasteiger charge is -2.26. The van der Waals surface area contributed by atoms with E-state index < -0.39 is 17.8 Å². The summed E-state index contributed by atoms with van der Waals surface area (Å²) in [5.74, 6) is -0.741. The number of hydrogen-bond donors (Lipinski definition) is 1. The van der Waals surface area contributed by atoms with Gasteiger partial charge in [0, 0.05) is 19.4 Å². The number of carbonyl (C=O) groups is 3. The Kier molecular flexibility index (Phi) is 4.38. The number of nitrogens with one attached hydrogen (secondary N) is 1. The summed E-state index contributed by atoms with van der Waals surface area (Å²) in [6, 6.07) is 7.51. The molecule has 0 bridgehead atoms. The summed E-state index contributed by atoms with van der Waals surface area (Å²) in [5.41, 5.74) is 0.957. The van der Waals surface area contributed by atoms with Gasteiger partial charge >= 0.3 is 6.03 Å². The number of anilines is 1. The molecule has 25 heavy (non-hydrogen) atoms. The first-order valence-electron chi connectivity index (χ1n) is 7.76. The number of barbiturate groups is 1. The Balaban J connectivity index is 1.93. The number of hydrogen-bond acceptors (Lipinski definition) is 4. The molecular formula is C18H17N3O4. The molecule has 2 heterocycles. The van der Waals surface area contributed by atoms with Gasteiger partial charge in [0.15, 0.2) is 0 Å². The molecule has 0 spiro atoms. The Labute approximate surface area is 144 Å². The van der Waals surface area contributed by atoms with E-state index in [0.717, 1.165) is 4.90 Å². The van der Waals surface area contributed by atoms with Crippen molar-refractivity contribution in [3.05, 3.63) is 53.9 Å². The van der Waals surface area contributed by atoms with Crippen molar-refractivity contribution >= 4 is 29.6 Å². The molecule has 7 heteroatoms. The Morgan fingerprint density at radius 2 is 1.84 bits per heavy atom. The standard InChI is InChI=1S/C18H17N3O4/c1-3-25-14-6-4-13(5-7-14)21-17(23)15(16(22)19-18(21)24)10-12-8-9-20(2)11-12/h4-11H,3H2,1-2H3,(H,19,22,24)/b15-10-. The maximum atomic E-state index is 12.7. The van der Waals surface area contributed by atoms with Gasteiger partial charge in [-0.2, -0.15) is 0 Å². The molecule has 2 aromatic rings. The van der Waals surface area contributed by atoms with Gasteiger partial charge in [-0.05, 0) is 48.9 Å². The molecule has 0 saturated carbocycles. The molecule has 0 radical (unpaired) electrons. The smallest absolute Gasteiger partial charge is 0.335 e. The second-order valence-corrected chi connectivity index (χ2v) is 5.50. The van der Waals surface area contributed by atoms with Crippen LogP contribution in [-0.4, -0.2) is 29.0 Å². The van der Waals surface area contributed by atoms with Gasteiger partial charge in [-0.3, -0.25) is 14.9 Å². The second kappa shape index (κ2) is 6.64. The number of imide groups is 2. The normalized spacial score (nSPS) is 16.3. The van der Waals surface area contributed by atoms with Gasteiger partial charge in [-0.25, -0.2) is 9.69 Å². The first-order chi connectivity index (χ1) is 12.0. The number of urea groups is 1. The van der Waals surface area contributed by atoms with Crippen molar-refractivity contribution in [2.24, 2.45) is 7.05 Å². The number of rotatable bonds is 4. The molecule has 0 aliphatic carbocycles. The Morgan fingerprint density at radius 1 is 1.12 bits per heavy atom. The van der Waals surface area contributed by atoms with E-state index in [1.54, 1.807) is 47.3 Å². The summed E-state index contributed by atoms with van der Waals surface area (Å²) in [6.45, 7) is 2.38. The fraction of sp³-hybridized carbons (Fsp3) is 0.167. The number of carbonyl (C=O) groups excluding carboxylic acids is 3. The minimum atomic E-state index is -0.774. The van der Waals surface area contributed by atoms with E-state index in [9.17, 15) is 14.4 Å². The average Bonchev–Trinajstić information content (AvgIpc) is 2.98. The lowest BCUT2D eigenvalue weighted by Crippen LogP contribution is -2.54. The second-order valence-electron chi connectivity index (χ2n) is 5.50. The zero-order valence-corrected chi connectivity index (χ0v) is 13.9. The third-order valence-electron chi connectivity index (χ3n) is 3.67. The van der Waals surface area contributed by atoms with Gasteiger partial charge in [0.05, 0.1) is 12.3 Å². The molecule has 4 amide bonds. The van der Waals surface area contributed by atoms with Crippen molar-refractivity contribution in [1.82, 2.24) is 9.88 Å². The fourth-order valence-electron chi connectivity index (χ4n) is 2.53. The highest BCUT2D eigenvalue weighted by molar-refractivity contribution is 6.39. The molecule has 7 nitrogen and oxygen atoms in total. The molecule has 1 aromatic heterocycles. The van der Waals surface area contributed by atoms with Crippen molar-refractivity contribution in [2.45, 2.75) is 6.92 Å². The lowest BCUT2D eigenvalue weighted by atomic mass is 10.1. The Morgan fingerprint density at radius 3 is 2.44 bits per heavy atom. The summed E-state index contributed by atoms with van der Waals surface area (Å²) < 4.78 is 7.15. The van der Waals surface area contributed by atoms with Crippen molar-refractivity contribution in [3.63, 3.8) is 0 Å². The van der Waals surface area contributed by atoms with Crippen LogP contribution in [0.15, 0.2) is 48.3 Å². The molecule has 1 fully saturated rings. The minimum absolute atomic E-state index is 0.0975. The van der Waals surface area contributed by atoms with E-state index in [1.165, 1.54) is 6.08 Å². The monoisotopic (exact) mass is 339 g/mol. The SMILES string of the molecule is CCOc1ccc(N2C(=O)NC(=O)/C(=C/c3ccn(C)c3)C2=O)cc1. The number of aryl methyl sites for hydroxylation is 1. The number of nitrogens with zero attached hydrogens (tertiary/aromatic N) is 2. The van der Waals surface area contributed by atoms with Gasteiger partial charge in [0.25, 0.3) is 11.8 Å². The number of amides is 4. The van der Waals surface area contributed by atoms with Crippen LogP contribution in [0.2, 0.25) is 0 Å². The molecular weight excluding hydrogens is 322 g/mol. The molecule has 0 atom stereocenters. The molecule has 1 saturated heterocycles. The van der Waals surface area contributed by atoms with Gasteiger partial charge < -0.3 is 9.30 Å². The molecule has 3 rings (SSSR count). The third kappa shape index (κ3) is 3.30. The van der Waals surface area contributed by atoms with E-state index in [4.69, 9.17) is 4.74 Å². The van der Waals surface area contributed by atoms with Gasteiger partial charge in [0.1, 0.15) is 11.3 Å². The van der Waals surface area contributed by atoms with Crippen LogP contribution in [0.3, 0.4) is 0 Å². The van der Waals surface area contributed by atoms with Crippen LogP contribution in [0, 0.1) is 0 Å². The quantitative estimate of drug-likeness (QED) is 0.683. The summed E-state index contributed by atoms with van der Waals surface area (Å²) in [4.78, 5) is 37.8. The molecule has 1 aliphatic rings. The van der Waals surface area contributed by atoms with Crippen LogP contribution < -0.4 is 15.0 Å². The summed E-state index contributed by atoms with van der Waals surface area (Å²) >= 11 is 0. The summed E-state index contributed by atoms with van der Waals surface area (Å²) in [5, 5.41) is 2.20. The molecule has 128 valence electrons. The first kappa shape index (κ1) is 16.5. The summed E-state index contributed by atoms with van der Waals surface area (Å²) in [6.07, 6.45) is 5.03. The topological polar surface area (TPSA) is 80.6 Å². The number of ether oxygens (including phenoxy) is 1. The van der Waals surface area contributed by atoms with Crippen LogP contribution in [-0.2, 0) is 16.6 Å². The van der Waals surface area contributed by atoms with Crippen LogP contribution >= 0.6 is 0 Å². The van der Waals surface area contributed by atoms with Crippen molar-refractivity contribution in [3.8, 4) is 5.75 Å². The molecule has 1 N–H and O–H groups in total. The van der Waals surface area contributed by atoms with E-state index in [0.29, 0.717) is 23.6 Å². The predicted octanol–water partition coefficient (Wildman–Crippen LogP) is 2.09. The van der Waals surface area contributed by atoms with Crippen LogP contribution in [0.4, 0.5) is 10.5 Å². The molecule has 0 unspecified atom stereocenters. The highest BCUT2D eigenvalue weighted by atomic mass is 16.5. The van der Waals surface area contributed by atoms with E-state index >= 15 is 0 Å². The Hall–Kier alpha value is -3.35. The highest BCUT2D eigenvalue weighted by Gasteiger charge is 2.36. The Bertz CT molecular complexity index is 865. The van der Waals surface area contributed by atoms with Crippen LogP contribution in [0.1, 0.15) is 12.5 Å². The van der Waals surface area contributed by atoms with Crippen LogP contribution in [0.5, 0.6) is 5.75 Å². The van der Waals surface area contributed by atoms with Gasteiger partial charge in [-0.15, -0.1) is 0 Å². The third-order valence-corrected chi connectivity index (χ3v) is 3.67. The largest absolute Gasteiger partial charge is 0.494 e. The maximum absolute atomic E-state index is 12.7. The minimum Gasteiger partial charge on any atom is -0.494 e. The van der Waals surface area contributed by atoms with Gasteiger partial charge in [-0.1, -0.05) is 0 Å². The zero-order chi connectivity index (χ0) is 18.0. The number of aromatic nitrogens is 1. The van der Waals surface area contributed by atoms with Crippen molar-refractivity contribution in [2.75, 3.05) is 11.5 Å².